The normalized spacial score (nSPS) is 10.0. The van der Waals surface area contributed by atoms with Gasteiger partial charge in [-0.1, -0.05) is 29.8 Å². The summed E-state index contributed by atoms with van der Waals surface area (Å²) in [7, 11) is 2.77. The Hall–Kier alpha value is -2.82. The van der Waals surface area contributed by atoms with Gasteiger partial charge in [0.15, 0.2) is 23.9 Å². The molecular weight excluding hydrogens is 296 g/mol. The lowest BCUT2D eigenvalue weighted by Gasteiger charge is -2.11. The van der Waals surface area contributed by atoms with Gasteiger partial charge in [0.2, 0.25) is 0 Å². The fourth-order valence-electron chi connectivity index (χ4n) is 2.00. The maximum Gasteiger partial charge on any atom is 0.337 e. The van der Waals surface area contributed by atoms with Crippen molar-refractivity contribution in [2.45, 2.75) is 6.92 Å². The lowest BCUT2D eigenvalue weighted by Crippen LogP contribution is -2.12. The third-order valence-electron chi connectivity index (χ3n) is 3.32. The summed E-state index contributed by atoms with van der Waals surface area (Å²) < 4.78 is 15.4. The van der Waals surface area contributed by atoms with Crippen LogP contribution < -0.4 is 9.47 Å². The Labute approximate surface area is 134 Å². The molecule has 0 heterocycles. The second-order valence-corrected chi connectivity index (χ2v) is 4.94. The van der Waals surface area contributed by atoms with Crippen molar-refractivity contribution in [1.82, 2.24) is 0 Å². The second-order valence-electron chi connectivity index (χ2n) is 4.94. The summed E-state index contributed by atoms with van der Waals surface area (Å²) in [6.45, 7) is 1.84. The number of rotatable bonds is 6. The monoisotopic (exact) mass is 314 g/mol. The molecule has 0 saturated heterocycles. The van der Waals surface area contributed by atoms with Gasteiger partial charge in [0, 0.05) is 5.56 Å². The highest BCUT2D eigenvalue weighted by molar-refractivity contribution is 5.97. The minimum atomic E-state index is -0.467. The molecule has 120 valence electrons. The van der Waals surface area contributed by atoms with E-state index in [1.165, 1.54) is 20.3 Å². The molecule has 0 saturated carbocycles. The van der Waals surface area contributed by atoms with Gasteiger partial charge in [0.1, 0.15) is 0 Å². The van der Waals surface area contributed by atoms with E-state index in [9.17, 15) is 9.59 Å². The molecule has 0 aliphatic carbocycles. The molecule has 0 aliphatic rings. The Morgan fingerprint density at radius 2 is 1.57 bits per heavy atom. The minimum Gasteiger partial charge on any atom is -0.493 e. The average molecular weight is 314 g/mol. The number of esters is 1. The van der Waals surface area contributed by atoms with Crippen LogP contribution in [0.1, 0.15) is 26.3 Å². The number of hydrogen-bond donors (Lipinski definition) is 0. The van der Waals surface area contributed by atoms with E-state index in [0.29, 0.717) is 22.6 Å². The molecule has 2 aromatic rings. The summed E-state index contributed by atoms with van der Waals surface area (Å²) in [6.07, 6.45) is 0. The van der Waals surface area contributed by atoms with E-state index in [1.807, 2.05) is 19.1 Å². The van der Waals surface area contributed by atoms with E-state index in [4.69, 9.17) is 9.47 Å². The van der Waals surface area contributed by atoms with E-state index in [0.717, 1.165) is 5.56 Å². The highest BCUT2D eigenvalue weighted by atomic mass is 16.5. The van der Waals surface area contributed by atoms with E-state index >= 15 is 0 Å². The fraction of sp³-hybridized carbons (Fsp3) is 0.222. The van der Waals surface area contributed by atoms with Crippen LogP contribution in [0, 0.1) is 6.92 Å². The SMILES string of the molecule is COC(=O)c1ccc(OCC(=O)c2ccc(C)cc2)c(OC)c1. The van der Waals surface area contributed by atoms with Crippen LogP contribution in [0.3, 0.4) is 0 Å². The van der Waals surface area contributed by atoms with Crippen LogP contribution in [-0.2, 0) is 4.74 Å². The molecule has 2 rings (SSSR count). The Bertz CT molecular complexity index is 704. The van der Waals surface area contributed by atoms with Gasteiger partial charge in [-0.25, -0.2) is 4.79 Å². The molecule has 0 N–H and O–H groups in total. The van der Waals surface area contributed by atoms with Crippen molar-refractivity contribution in [3.05, 3.63) is 59.2 Å². The average Bonchev–Trinajstić information content (AvgIpc) is 2.59. The molecule has 5 heteroatoms. The predicted octanol–water partition coefficient (Wildman–Crippen LogP) is 3.05. The summed E-state index contributed by atoms with van der Waals surface area (Å²) >= 11 is 0. The summed E-state index contributed by atoms with van der Waals surface area (Å²) in [5.74, 6) is 0.153. The number of carbonyl (C=O) groups excluding carboxylic acids is 2. The van der Waals surface area contributed by atoms with E-state index in [1.54, 1.807) is 24.3 Å². The van der Waals surface area contributed by atoms with Crippen molar-refractivity contribution in [3.8, 4) is 11.5 Å². The van der Waals surface area contributed by atoms with Crippen molar-refractivity contribution >= 4 is 11.8 Å². The molecule has 0 atom stereocenters. The van der Waals surface area contributed by atoms with Gasteiger partial charge in [-0.05, 0) is 25.1 Å². The molecule has 5 nitrogen and oxygen atoms in total. The third kappa shape index (κ3) is 4.10. The maximum atomic E-state index is 12.1. The van der Waals surface area contributed by atoms with E-state index < -0.39 is 5.97 Å². The zero-order valence-electron chi connectivity index (χ0n) is 13.3. The number of Topliss-reactive ketones (excluding diaryl/α,β-unsaturated/α-hetero) is 1. The van der Waals surface area contributed by atoms with E-state index in [-0.39, 0.29) is 12.4 Å². The van der Waals surface area contributed by atoms with Crippen LogP contribution in [0.5, 0.6) is 11.5 Å². The summed E-state index contributed by atoms with van der Waals surface area (Å²) in [6, 6.07) is 11.9. The van der Waals surface area contributed by atoms with Crippen molar-refractivity contribution in [2.24, 2.45) is 0 Å². The molecule has 0 spiro atoms. The number of benzene rings is 2. The highest BCUT2D eigenvalue weighted by Gasteiger charge is 2.13. The highest BCUT2D eigenvalue weighted by Crippen LogP contribution is 2.28. The van der Waals surface area contributed by atoms with E-state index in [2.05, 4.69) is 4.74 Å². The van der Waals surface area contributed by atoms with Gasteiger partial charge in [-0.3, -0.25) is 4.79 Å². The zero-order chi connectivity index (χ0) is 16.8. The van der Waals surface area contributed by atoms with Gasteiger partial charge in [-0.2, -0.15) is 0 Å². The third-order valence-corrected chi connectivity index (χ3v) is 3.32. The number of methoxy groups -OCH3 is 2. The first kappa shape index (κ1) is 16.5. The molecule has 2 aromatic carbocycles. The number of ether oxygens (including phenoxy) is 3. The lowest BCUT2D eigenvalue weighted by molar-refractivity contribution is 0.0600. The van der Waals surface area contributed by atoms with Gasteiger partial charge < -0.3 is 14.2 Å². The minimum absolute atomic E-state index is 0.114. The largest absolute Gasteiger partial charge is 0.493 e. The number of ketones is 1. The molecule has 0 unspecified atom stereocenters. The Morgan fingerprint density at radius 1 is 0.913 bits per heavy atom. The van der Waals surface area contributed by atoms with Crippen molar-refractivity contribution in [3.63, 3.8) is 0 Å². The topological polar surface area (TPSA) is 61.8 Å². The number of carbonyl (C=O) groups is 2. The smallest absolute Gasteiger partial charge is 0.337 e. The second kappa shape index (κ2) is 7.45. The van der Waals surface area contributed by atoms with Crippen LogP contribution in [0.25, 0.3) is 0 Å². The first-order valence-corrected chi connectivity index (χ1v) is 7.04. The van der Waals surface area contributed by atoms with Crippen LogP contribution in [0.2, 0.25) is 0 Å². The number of hydrogen-bond acceptors (Lipinski definition) is 5. The Kier molecular flexibility index (Phi) is 5.36. The first-order valence-electron chi connectivity index (χ1n) is 7.04. The Morgan fingerprint density at radius 3 is 2.17 bits per heavy atom. The quantitative estimate of drug-likeness (QED) is 0.606. The Balaban J connectivity index is 2.09. The van der Waals surface area contributed by atoms with Gasteiger partial charge >= 0.3 is 5.97 Å². The van der Waals surface area contributed by atoms with Gasteiger partial charge in [0.05, 0.1) is 19.8 Å². The lowest BCUT2D eigenvalue weighted by atomic mass is 10.1. The molecule has 0 radical (unpaired) electrons. The van der Waals surface area contributed by atoms with Gasteiger partial charge in [0.25, 0.3) is 0 Å². The summed E-state index contributed by atoms with van der Waals surface area (Å²) in [5.41, 5.74) is 2.02. The summed E-state index contributed by atoms with van der Waals surface area (Å²) in [4.78, 5) is 23.6. The van der Waals surface area contributed by atoms with Crippen LogP contribution in [0.15, 0.2) is 42.5 Å². The van der Waals surface area contributed by atoms with Crippen LogP contribution in [0.4, 0.5) is 0 Å². The molecule has 0 aromatic heterocycles. The summed E-state index contributed by atoms with van der Waals surface area (Å²) in [5, 5.41) is 0. The molecule has 0 fully saturated rings. The molecule has 0 aliphatic heterocycles. The fourth-order valence-corrected chi connectivity index (χ4v) is 2.00. The molecule has 0 bridgehead atoms. The van der Waals surface area contributed by atoms with Crippen molar-refractivity contribution < 1.29 is 23.8 Å². The predicted molar refractivity (Wildman–Crippen MR) is 85.3 cm³/mol. The first-order chi connectivity index (χ1) is 11.0. The molecule has 0 amide bonds. The maximum absolute atomic E-state index is 12.1. The van der Waals surface area contributed by atoms with Crippen LogP contribution in [-0.4, -0.2) is 32.6 Å². The van der Waals surface area contributed by atoms with Gasteiger partial charge in [-0.15, -0.1) is 0 Å². The van der Waals surface area contributed by atoms with Crippen LogP contribution >= 0.6 is 0 Å². The standard InChI is InChI=1S/C18H18O5/c1-12-4-6-13(7-5-12)15(19)11-23-16-9-8-14(18(20)22-3)10-17(16)21-2/h4-10H,11H2,1-3H3. The van der Waals surface area contributed by atoms with Crippen molar-refractivity contribution in [2.75, 3.05) is 20.8 Å². The molecular formula is C18H18O5. The molecule has 23 heavy (non-hydrogen) atoms. The zero-order valence-corrected chi connectivity index (χ0v) is 13.3. The van der Waals surface area contributed by atoms with Crippen molar-refractivity contribution in [1.29, 1.82) is 0 Å². The number of aryl methyl sites for hydroxylation is 1.